The molecule has 2 aliphatic heterocycles. The molecule has 2 heterocycles. The average Bonchev–Trinajstić information content (AvgIpc) is 2.17. The highest BCUT2D eigenvalue weighted by Gasteiger charge is 2.42. The van der Waals surface area contributed by atoms with E-state index in [0.29, 0.717) is 6.67 Å². The zero-order valence-electron chi connectivity index (χ0n) is 9.84. The van der Waals surface area contributed by atoms with E-state index >= 15 is 0 Å². The van der Waals surface area contributed by atoms with Crippen LogP contribution in [0.4, 0.5) is 0 Å². The zero-order valence-corrected chi connectivity index (χ0v) is 9.84. The monoisotopic (exact) mass is 211 g/mol. The maximum atomic E-state index is 11.7. The van der Waals surface area contributed by atoms with Crippen molar-refractivity contribution in [3.63, 3.8) is 0 Å². The highest BCUT2D eigenvalue weighted by atomic mass is 16.2. The molecule has 0 aromatic heterocycles. The van der Waals surface area contributed by atoms with Crippen LogP contribution in [0.2, 0.25) is 0 Å². The highest BCUT2D eigenvalue weighted by Crippen LogP contribution is 2.27. The molecule has 0 bridgehead atoms. The van der Waals surface area contributed by atoms with Crippen LogP contribution in [0.5, 0.6) is 0 Å². The maximum Gasteiger partial charge on any atom is 0.227 e. The van der Waals surface area contributed by atoms with Crippen LogP contribution in [0.15, 0.2) is 0 Å². The van der Waals surface area contributed by atoms with E-state index in [9.17, 15) is 4.79 Å². The Bertz CT molecular complexity index is 259. The molecule has 1 amide bonds. The zero-order chi connectivity index (χ0) is 11.1. The van der Waals surface area contributed by atoms with Gasteiger partial charge in [-0.1, -0.05) is 0 Å². The first kappa shape index (κ1) is 10.9. The van der Waals surface area contributed by atoms with Gasteiger partial charge in [0.2, 0.25) is 5.91 Å². The maximum absolute atomic E-state index is 11.7. The predicted molar refractivity (Wildman–Crippen MR) is 59.1 cm³/mol. The largest absolute Gasteiger partial charge is 0.343 e. The Labute approximate surface area is 91.4 Å². The van der Waals surface area contributed by atoms with Crippen LogP contribution >= 0.6 is 0 Å². The molecule has 2 rings (SSSR count). The van der Waals surface area contributed by atoms with Crippen LogP contribution in [0.3, 0.4) is 0 Å². The average molecular weight is 211 g/mol. The van der Waals surface area contributed by atoms with Gasteiger partial charge in [-0.3, -0.25) is 9.69 Å². The third kappa shape index (κ3) is 2.01. The molecule has 86 valence electrons. The molecule has 15 heavy (non-hydrogen) atoms. The SMILES string of the molecule is CC(C)(C)N1CNC(=O)C2CCCNC21. The summed E-state index contributed by atoms with van der Waals surface area (Å²) in [6.07, 6.45) is 2.34. The first-order chi connectivity index (χ1) is 7.00. The van der Waals surface area contributed by atoms with Crippen molar-refractivity contribution >= 4 is 5.91 Å². The Morgan fingerprint density at radius 3 is 2.80 bits per heavy atom. The third-order valence-corrected chi connectivity index (χ3v) is 3.38. The van der Waals surface area contributed by atoms with Gasteiger partial charge in [-0.2, -0.15) is 0 Å². The smallest absolute Gasteiger partial charge is 0.227 e. The first-order valence-electron chi connectivity index (χ1n) is 5.78. The number of rotatable bonds is 0. The molecule has 2 saturated heterocycles. The van der Waals surface area contributed by atoms with Gasteiger partial charge >= 0.3 is 0 Å². The lowest BCUT2D eigenvalue weighted by molar-refractivity contribution is -0.138. The second kappa shape index (κ2) is 3.76. The van der Waals surface area contributed by atoms with Crippen molar-refractivity contribution in [3.8, 4) is 0 Å². The van der Waals surface area contributed by atoms with E-state index in [1.165, 1.54) is 0 Å². The summed E-state index contributed by atoms with van der Waals surface area (Å²) < 4.78 is 0. The Morgan fingerprint density at radius 2 is 2.13 bits per heavy atom. The molecular formula is C11H21N3O. The van der Waals surface area contributed by atoms with E-state index in [1.54, 1.807) is 0 Å². The molecular weight excluding hydrogens is 190 g/mol. The van der Waals surface area contributed by atoms with Gasteiger partial charge in [-0.25, -0.2) is 0 Å². The Kier molecular flexibility index (Phi) is 2.73. The summed E-state index contributed by atoms with van der Waals surface area (Å²) in [5.74, 6) is 0.347. The van der Waals surface area contributed by atoms with Crippen LogP contribution < -0.4 is 10.6 Å². The van der Waals surface area contributed by atoms with E-state index < -0.39 is 0 Å². The summed E-state index contributed by atoms with van der Waals surface area (Å²) in [4.78, 5) is 14.1. The van der Waals surface area contributed by atoms with Crippen molar-refractivity contribution in [2.24, 2.45) is 5.92 Å². The number of nitrogens with zero attached hydrogens (tertiary/aromatic N) is 1. The number of hydrogen-bond donors (Lipinski definition) is 2. The first-order valence-corrected chi connectivity index (χ1v) is 5.78. The van der Waals surface area contributed by atoms with Crippen molar-refractivity contribution in [1.29, 1.82) is 0 Å². The van der Waals surface area contributed by atoms with E-state index in [-0.39, 0.29) is 23.5 Å². The molecule has 0 spiro atoms. The molecule has 4 nitrogen and oxygen atoms in total. The molecule has 2 aliphatic rings. The Hall–Kier alpha value is -0.610. The summed E-state index contributed by atoms with van der Waals surface area (Å²) in [5, 5.41) is 6.46. The van der Waals surface area contributed by atoms with Crippen molar-refractivity contribution in [1.82, 2.24) is 15.5 Å². The third-order valence-electron chi connectivity index (χ3n) is 3.38. The number of fused-ring (bicyclic) bond motifs is 1. The summed E-state index contributed by atoms with van der Waals surface area (Å²) in [6.45, 7) is 8.27. The van der Waals surface area contributed by atoms with Crippen LogP contribution in [-0.4, -0.2) is 35.7 Å². The van der Waals surface area contributed by atoms with Crippen LogP contribution in [-0.2, 0) is 4.79 Å². The number of carbonyl (C=O) groups excluding carboxylic acids is 1. The lowest BCUT2D eigenvalue weighted by Crippen LogP contribution is -2.68. The van der Waals surface area contributed by atoms with Crippen molar-refractivity contribution < 1.29 is 4.79 Å². The van der Waals surface area contributed by atoms with E-state index in [2.05, 4.69) is 36.3 Å². The summed E-state index contributed by atoms with van der Waals surface area (Å²) >= 11 is 0. The Morgan fingerprint density at radius 1 is 1.40 bits per heavy atom. The number of amides is 1. The van der Waals surface area contributed by atoms with Gasteiger partial charge in [0.05, 0.1) is 18.8 Å². The molecule has 2 fully saturated rings. The van der Waals surface area contributed by atoms with Crippen molar-refractivity contribution in [2.45, 2.75) is 45.3 Å². The number of hydrogen-bond acceptors (Lipinski definition) is 3. The molecule has 0 saturated carbocycles. The van der Waals surface area contributed by atoms with E-state index in [0.717, 1.165) is 19.4 Å². The lowest BCUT2D eigenvalue weighted by Gasteiger charge is -2.49. The van der Waals surface area contributed by atoms with Gasteiger partial charge in [0.1, 0.15) is 0 Å². The molecule has 0 aromatic carbocycles. The van der Waals surface area contributed by atoms with Crippen LogP contribution in [0.25, 0.3) is 0 Å². The summed E-state index contributed by atoms with van der Waals surface area (Å²) in [5.41, 5.74) is 0.0982. The van der Waals surface area contributed by atoms with Gasteiger partial charge in [0.15, 0.2) is 0 Å². The standard InChI is InChI=1S/C11H21N3O/c1-11(2,3)14-7-13-10(15)8-5-4-6-12-9(8)14/h8-9,12H,4-7H2,1-3H3,(H,13,15). The quantitative estimate of drug-likeness (QED) is 0.613. The second-order valence-electron chi connectivity index (χ2n) is 5.49. The normalized spacial score (nSPS) is 33.4. The number of carbonyl (C=O) groups is 1. The minimum Gasteiger partial charge on any atom is -0.343 e. The van der Waals surface area contributed by atoms with Gasteiger partial charge in [-0.05, 0) is 40.2 Å². The molecule has 2 unspecified atom stereocenters. The number of piperidine rings is 1. The van der Waals surface area contributed by atoms with Gasteiger partial charge < -0.3 is 10.6 Å². The number of nitrogens with one attached hydrogen (secondary N) is 2. The fourth-order valence-corrected chi connectivity index (χ4v) is 2.52. The van der Waals surface area contributed by atoms with Gasteiger partial charge in [0, 0.05) is 5.54 Å². The van der Waals surface area contributed by atoms with Crippen LogP contribution in [0, 0.1) is 5.92 Å². The molecule has 4 heteroatoms. The molecule has 0 aromatic rings. The Balaban J connectivity index is 2.17. The summed E-state index contributed by atoms with van der Waals surface area (Å²) in [7, 11) is 0. The van der Waals surface area contributed by atoms with E-state index in [1.807, 2.05) is 0 Å². The van der Waals surface area contributed by atoms with Gasteiger partial charge in [-0.15, -0.1) is 0 Å². The minimum absolute atomic E-state index is 0.0982. The van der Waals surface area contributed by atoms with E-state index in [4.69, 9.17) is 0 Å². The topological polar surface area (TPSA) is 44.4 Å². The molecule has 2 atom stereocenters. The minimum atomic E-state index is 0.0982. The molecule has 0 aliphatic carbocycles. The molecule has 0 radical (unpaired) electrons. The predicted octanol–water partition coefficient (Wildman–Crippen LogP) is 0.500. The lowest BCUT2D eigenvalue weighted by atomic mass is 9.90. The van der Waals surface area contributed by atoms with Crippen molar-refractivity contribution in [3.05, 3.63) is 0 Å². The fraction of sp³-hybridized carbons (Fsp3) is 0.909. The fourth-order valence-electron chi connectivity index (χ4n) is 2.52. The highest BCUT2D eigenvalue weighted by molar-refractivity contribution is 5.80. The summed E-state index contributed by atoms with van der Waals surface area (Å²) in [6, 6.07) is 0. The van der Waals surface area contributed by atoms with Gasteiger partial charge in [0.25, 0.3) is 0 Å². The van der Waals surface area contributed by atoms with Crippen molar-refractivity contribution in [2.75, 3.05) is 13.2 Å². The second-order valence-corrected chi connectivity index (χ2v) is 5.49. The molecule has 2 N–H and O–H groups in total. The van der Waals surface area contributed by atoms with Crippen LogP contribution in [0.1, 0.15) is 33.6 Å².